The van der Waals surface area contributed by atoms with Crippen molar-refractivity contribution in [2.75, 3.05) is 0 Å². The lowest BCUT2D eigenvalue weighted by atomic mass is 10.6. The van der Waals surface area contributed by atoms with Gasteiger partial charge in [-0.1, -0.05) is 0 Å². The molecule has 2 N–H and O–H groups in total. The third-order valence-corrected chi connectivity index (χ3v) is 1.82. The molecule has 2 amide bonds. The van der Waals surface area contributed by atoms with Gasteiger partial charge in [-0.15, -0.1) is 0 Å². The van der Waals surface area contributed by atoms with Gasteiger partial charge in [0.1, 0.15) is 0 Å². The van der Waals surface area contributed by atoms with Crippen molar-refractivity contribution in [1.82, 2.24) is 5.01 Å². The van der Waals surface area contributed by atoms with E-state index in [-0.39, 0.29) is 0 Å². The van der Waals surface area contributed by atoms with E-state index in [0.29, 0.717) is 5.01 Å². The lowest BCUT2D eigenvalue weighted by Crippen LogP contribution is -2.46. The summed E-state index contributed by atoms with van der Waals surface area (Å²) in [7, 11) is 0. The molecule has 0 spiro atoms. The highest BCUT2D eigenvalue weighted by molar-refractivity contribution is 9.40. The average Bonchev–Trinajstić information content (AvgIpc) is 1.82. The molecule has 0 atom stereocenters. The molecule has 0 unspecified atom stereocenters. The van der Waals surface area contributed by atoms with E-state index in [4.69, 9.17) is 5.84 Å². The predicted molar refractivity (Wildman–Crippen MR) is 51.2 cm³/mol. The summed E-state index contributed by atoms with van der Waals surface area (Å²) < 4.78 is -1.16. The maximum atomic E-state index is 11.0. The van der Waals surface area contributed by atoms with Crippen molar-refractivity contribution in [3.05, 3.63) is 0 Å². The molecule has 0 aliphatic rings. The zero-order valence-corrected chi connectivity index (χ0v) is 10.2. The van der Waals surface area contributed by atoms with Crippen LogP contribution in [0.4, 0.5) is 0 Å². The zero-order chi connectivity index (χ0) is 9.23. The second kappa shape index (κ2) is 3.97. The number of carbonyl (C=O) groups excluding carboxylic acids is 2. The average molecular weight is 353 g/mol. The Kier molecular flexibility index (Phi) is 4.17. The minimum absolute atomic E-state index is 0.498. The Morgan fingerprint density at radius 1 is 1.36 bits per heavy atom. The Hall–Kier alpha value is 0.540. The largest absolute Gasteiger partial charge is 0.282 e. The molecule has 0 saturated carbocycles. The summed E-state index contributed by atoms with van der Waals surface area (Å²) in [6.45, 7) is 1.19. The van der Waals surface area contributed by atoms with E-state index < -0.39 is 14.0 Å². The summed E-state index contributed by atoms with van der Waals surface area (Å²) in [5, 5.41) is 0.498. The van der Waals surface area contributed by atoms with Crippen LogP contribution >= 0.6 is 47.8 Å². The molecular formula is C4H5Br3N2O2. The van der Waals surface area contributed by atoms with Crippen molar-refractivity contribution in [3.8, 4) is 0 Å². The molecule has 0 radical (unpaired) electrons. The molecule has 0 heterocycles. The van der Waals surface area contributed by atoms with Crippen LogP contribution in [0.2, 0.25) is 0 Å². The first kappa shape index (κ1) is 11.5. The van der Waals surface area contributed by atoms with Crippen LogP contribution in [-0.2, 0) is 9.59 Å². The number of hydrazine groups is 1. The third kappa shape index (κ3) is 3.64. The van der Waals surface area contributed by atoms with E-state index in [1.165, 1.54) is 6.92 Å². The number of alkyl halides is 3. The van der Waals surface area contributed by atoms with Crippen molar-refractivity contribution < 1.29 is 9.59 Å². The maximum absolute atomic E-state index is 11.0. The summed E-state index contributed by atoms with van der Waals surface area (Å²) in [6, 6.07) is 0. The van der Waals surface area contributed by atoms with Gasteiger partial charge in [-0.3, -0.25) is 9.59 Å². The molecule has 4 nitrogen and oxygen atoms in total. The summed E-state index contributed by atoms with van der Waals surface area (Å²) >= 11 is 8.77. The second-order valence-corrected chi connectivity index (χ2v) is 8.45. The Morgan fingerprint density at radius 3 is 1.82 bits per heavy atom. The van der Waals surface area contributed by atoms with Crippen LogP contribution in [0, 0.1) is 0 Å². The molecule has 0 fully saturated rings. The van der Waals surface area contributed by atoms with E-state index in [1.807, 2.05) is 0 Å². The fourth-order valence-corrected chi connectivity index (χ4v) is 0.853. The second-order valence-electron chi connectivity index (χ2n) is 1.69. The smallest absolute Gasteiger partial charge is 0.273 e. The van der Waals surface area contributed by atoms with Crippen LogP contribution in [0.1, 0.15) is 6.92 Å². The fraction of sp³-hybridized carbons (Fsp3) is 0.500. The molecule has 0 aromatic heterocycles. The first-order valence-corrected chi connectivity index (χ1v) is 4.81. The van der Waals surface area contributed by atoms with Crippen LogP contribution < -0.4 is 5.84 Å². The third-order valence-electron chi connectivity index (χ3n) is 0.801. The van der Waals surface area contributed by atoms with Gasteiger partial charge in [-0.25, -0.2) is 10.9 Å². The molecule has 0 aliphatic heterocycles. The highest BCUT2D eigenvalue weighted by Gasteiger charge is 2.33. The van der Waals surface area contributed by atoms with Crippen LogP contribution in [-0.4, -0.2) is 19.0 Å². The standard InChI is InChI=1S/C4H5Br3N2O2/c1-2(10)9(8)3(11)4(5,6)7/h8H2,1H3. The SMILES string of the molecule is CC(=O)N(N)C(=O)C(Br)(Br)Br. The lowest BCUT2D eigenvalue weighted by molar-refractivity contribution is -0.142. The van der Waals surface area contributed by atoms with Gasteiger partial charge in [0.05, 0.1) is 0 Å². The maximum Gasteiger partial charge on any atom is 0.282 e. The molecule has 11 heavy (non-hydrogen) atoms. The van der Waals surface area contributed by atoms with Crippen molar-refractivity contribution >= 4 is 59.6 Å². The van der Waals surface area contributed by atoms with Gasteiger partial charge in [-0.2, -0.15) is 0 Å². The van der Waals surface area contributed by atoms with Crippen molar-refractivity contribution in [2.45, 2.75) is 9.07 Å². The van der Waals surface area contributed by atoms with Crippen LogP contribution in [0.15, 0.2) is 0 Å². The molecule has 0 aromatic rings. The van der Waals surface area contributed by atoms with E-state index in [2.05, 4.69) is 47.8 Å². The van der Waals surface area contributed by atoms with E-state index >= 15 is 0 Å². The summed E-state index contributed by atoms with van der Waals surface area (Å²) in [5.41, 5.74) is 0. The molecule has 0 saturated heterocycles. The number of rotatable bonds is 0. The van der Waals surface area contributed by atoms with Gasteiger partial charge in [0, 0.05) is 6.92 Å². The van der Waals surface area contributed by atoms with E-state index in [1.54, 1.807) is 0 Å². The minimum Gasteiger partial charge on any atom is -0.273 e. The summed E-state index contributed by atoms with van der Waals surface area (Å²) in [6.07, 6.45) is 0. The Labute approximate surface area is 88.8 Å². The van der Waals surface area contributed by atoms with Crippen molar-refractivity contribution in [2.24, 2.45) is 5.84 Å². The number of nitrogens with zero attached hydrogens (tertiary/aromatic N) is 1. The number of hydrogen-bond acceptors (Lipinski definition) is 3. The molecule has 0 rings (SSSR count). The molecule has 7 heteroatoms. The minimum atomic E-state index is -1.16. The molecule has 64 valence electrons. The molecule has 0 bridgehead atoms. The molecule has 0 aromatic carbocycles. The van der Waals surface area contributed by atoms with Crippen LogP contribution in [0.3, 0.4) is 0 Å². The fourth-order valence-electron chi connectivity index (χ4n) is 0.280. The van der Waals surface area contributed by atoms with Crippen molar-refractivity contribution in [3.63, 3.8) is 0 Å². The first-order chi connectivity index (χ1) is 4.76. The van der Waals surface area contributed by atoms with E-state index in [9.17, 15) is 9.59 Å². The highest BCUT2D eigenvalue weighted by atomic mass is 80.0. The Balaban J connectivity index is 4.39. The zero-order valence-electron chi connectivity index (χ0n) is 5.47. The monoisotopic (exact) mass is 350 g/mol. The predicted octanol–water partition coefficient (Wildman–Crippen LogP) is 1.07. The number of carbonyl (C=O) groups is 2. The topological polar surface area (TPSA) is 63.4 Å². The van der Waals surface area contributed by atoms with Gasteiger partial charge in [0.25, 0.3) is 5.91 Å². The van der Waals surface area contributed by atoms with Crippen LogP contribution in [0.25, 0.3) is 0 Å². The van der Waals surface area contributed by atoms with Gasteiger partial charge in [0.2, 0.25) is 8.05 Å². The summed E-state index contributed by atoms with van der Waals surface area (Å²) in [5.74, 6) is 3.94. The summed E-state index contributed by atoms with van der Waals surface area (Å²) in [4.78, 5) is 21.6. The van der Waals surface area contributed by atoms with Gasteiger partial charge >= 0.3 is 0 Å². The highest BCUT2D eigenvalue weighted by Crippen LogP contribution is 2.34. The quantitative estimate of drug-likeness (QED) is 0.307. The number of halogens is 3. The number of nitrogens with two attached hydrogens (primary N) is 1. The first-order valence-electron chi connectivity index (χ1n) is 2.43. The Bertz CT molecular complexity index is 188. The van der Waals surface area contributed by atoms with Gasteiger partial charge in [-0.05, 0) is 47.8 Å². The normalized spacial score (nSPS) is 11.0. The molecular weight excluding hydrogens is 348 g/mol. The van der Waals surface area contributed by atoms with E-state index in [0.717, 1.165) is 0 Å². The molecule has 0 aliphatic carbocycles. The number of imide groups is 1. The number of amides is 2. The van der Waals surface area contributed by atoms with Crippen LogP contribution in [0.5, 0.6) is 0 Å². The lowest BCUT2D eigenvalue weighted by Gasteiger charge is -2.17. The van der Waals surface area contributed by atoms with Gasteiger partial charge in [0.15, 0.2) is 0 Å². The van der Waals surface area contributed by atoms with Gasteiger partial charge < -0.3 is 0 Å². The number of hydrogen-bond donors (Lipinski definition) is 1. The van der Waals surface area contributed by atoms with Crippen molar-refractivity contribution in [1.29, 1.82) is 0 Å². The Morgan fingerprint density at radius 2 is 1.73 bits per heavy atom.